The summed E-state index contributed by atoms with van der Waals surface area (Å²) in [4.78, 5) is 3.25. The number of hydrogen-bond acceptors (Lipinski definition) is 2. The van der Waals surface area contributed by atoms with Crippen LogP contribution < -0.4 is 0 Å². The molecule has 0 amide bonds. The van der Waals surface area contributed by atoms with E-state index in [1.165, 1.54) is 0 Å². The van der Waals surface area contributed by atoms with Gasteiger partial charge in [0.15, 0.2) is 0 Å². The van der Waals surface area contributed by atoms with Crippen molar-refractivity contribution in [3.05, 3.63) is 29.7 Å². The molecule has 0 atom stereocenters. The molecule has 84 valence electrons. The van der Waals surface area contributed by atoms with Gasteiger partial charge >= 0.3 is 52.5 Å². The first-order valence-corrected chi connectivity index (χ1v) is 2.57. The largest absolute Gasteiger partial charge is 0.358 e. The molecular weight excluding hydrogens is 652 g/mol. The molecule has 4 radical (unpaired) electrons. The first kappa shape index (κ1) is 69.7. The predicted octanol–water partition coefficient (Wildman–Crippen LogP) is 1.07. The molecule has 0 rings (SSSR count). The molecule has 0 spiro atoms. The average Bonchev–Trinajstić information content (AvgIpc) is 1.39. The molecule has 0 saturated heterocycles. The molecule has 2 nitrogen and oxygen atoms in total. The molecule has 0 aliphatic carbocycles. The fraction of sp³-hybridized carbons (Fsp3) is 0. The summed E-state index contributed by atoms with van der Waals surface area (Å²) in [7, 11) is 0. The normalized spacial score (nSPS) is 1.17. The second-order valence-electron chi connectivity index (χ2n) is 0.183. The van der Waals surface area contributed by atoms with Crippen LogP contribution in [0.25, 0.3) is 0 Å². The summed E-state index contributed by atoms with van der Waals surface area (Å²) < 4.78 is 0. The van der Waals surface area contributed by atoms with Crippen molar-refractivity contribution < 1.29 is 44.8 Å². The van der Waals surface area contributed by atoms with Crippen molar-refractivity contribution in [1.82, 2.24) is 0 Å². The van der Waals surface area contributed by atoms with E-state index in [1.54, 1.807) is 9.94 Å². The fourth-order valence-electron chi connectivity index (χ4n) is 0. The maximum atomic E-state index is 7.26. The Labute approximate surface area is 126 Å². The minimum Gasteiger partial charge on any atom is -0.358 e. The smallest absolute Gasteiger partial charge is 0 e. The summed E-state index contributed by atoms with van der Waals surface area (Å²) in [5.74, 6) is 0. The summed E-state index contributed by atoms with van der Waals surface area (Å²) in [5, 5.41) is 14.5. The van der Waals surface area contributed by atoms with E-state index in [4.69, 9.17) is 10.5 Å². The molecule has 0 aromatic heterocycles. The van der Waals surface area contributed by atoms with Gasteiger partial charge in [-0.1, -0.05) is 0 Å². The molecule has 0 unspecified atom stereocenters. The molecule has 6 heteroatoms. The third kappa shape index (κ3) is 564. The van der Waals surface area contributed by atoms with Gasteiger partial charge in [-0.2, -0.15) is 0 Å². The molecule has 0 fully saturated rings. The van der Waals surface area contributed by atoms with Gasteiger partial charge in [-0.3, -0.25) is 0 Å². The Balaban J connectivity index is -0.00000000296. The third-order valence-electron chi connectivity index (χ3n) is 0. The molecule has 0 aromatic rings. The van der Waals surface area contributed by atoms with Crippen LogP contribution in [0.3, 0.4) is 0 Å². The van der Waals surface area contributed by atoms with Crippen LogP contribution in [0, 0.1) is 50.2 Å². The van der Waals surface area contributed by atoms with Crippen LogP contribution in [0.4, 0.5) is 0 Å². The van der Waals surface area contributed by atoms with E-state index in [-0.39, 0.29) is 74.5 Å². The quantitative estimate of drug-likeness (QED) is 0.288. The van der Waals surface area contributed by atoms with Crippen molar-refractivity contribution in [2.75, 3.05) is 0 Å². The predicted molar refractivity (Wildman–Crippen MR) is 48.4 cm³/mol. The van der Waals surface area contributed by atoms with E-state index in [1.807, 2.05) is 0 Å². The standard InChI is InChI=1S/2CNSe.4CH3.2Au/c2*2-1-3;;;;;;/h;;4*1H3;;/q;;4*-1;;. The zero-order valence-corrected chi connectivity index (χ0v) is 15.1. The van der Waals surface area contributed by atoms with Crippen LogP contribution >= 0.6 is 0 Å². The van der Waals surface area contributed by atoms with Crippen molar-refractivity contribution in [3.8, 4) is 9.94 Å². The number of nitrogens with zero attached hydrogens (tertiary/aromatic N) is 2. The molecule has 0 aliphatic heterocycles. The van der Waals surface area contributed by atoms with E-state index in [0.717, 1.165) is 0 Å². The Morgan fingerprint density at radius 3 is 0.667 bits per heavy atom. The van der Waals surface area contributed by atoms with Crippen LogP contribution in [-0.4, -0.2) is 32.0 Å². The first-order valence-electron chi connectivity index (χ1n) is 0.855. The van der Waals surface area contributed by atoms with Crippen LogP contribution in [0.2, 0.25) is 0 Å². The van der Waals surface area contributed by atoms with Crippen molar-refractivity contribution in [1.29, 1.82) is 10.5 Å². The van der Waals surface area contributed by atoms with Gasteiger partial charge in [-0.05, 0) is 0 Å². The number of nitriles is 2. The van der Waals surface area contributed by atoms with Crippen LogP contribution in [-0.2, 0) is 44.8 Å². The van der Waals surface area contributed by atoms with Gasteiger partial charge in [-0.15, -0.1) is 0 Å². The molecule has 0 saturated carbocycles. The van der Waals surface area contributed by atoms with Crippen molar-refractivity contribution >= 4 is 32.0 Å². The van der Waals surface area contributed by atoms with E-state index in [9.17, 15) is 0 Å². The number of rotatable bonds is 0. The van der Waals surface area contributed by atoms with Gasteiger partial charge in [-0.25, -0.2) is 0 Å². The first-order chi connectivity index (χ1) is 2.83. The van der Waals surface area contributed by atoms with Gasteiger partial charge in [0.1, 0.15) is 0 Å². The molecule has 0 aromatic carbocycles. The summed E-state index contributed by atoms with van der Waals surface area (Å²) >= 11 is 4.22. The Morgan fingerprint density at radius 1 is 0.667 bits per heavy atom. The van der Waals surface area contributed by atoms with Crippen molar-refractivity contribution in [3.63, 3.8) is 0 Å². The Hall–Kier alpha value is 1.50. The van der Waals surface area contributed by atoms with E-state index in [2.05, 4.69) is 32.0 Å². The fourth-order valence-corrected chi connectivity index (χ4v) is 0. The van der Waals surface area contributed by atoms with E-state index < -0.39 is 0 Å². The third-order valence-corrected chi connectivity index (χ3v) is 0. The molecule has 0 bridgehead atoms. The number of hydrogen-bond donors (Lipinski definition) is 0. The van der Waals surface area contributed by atoms with Gasteiger partial charge in [0.05, 0.1) is 0 Å². The zero-order valence-electron chi connectivity index (χ0n) is 7.31. The Bertz CT molecular complexity index is 76.5. The van der Waals surface area contributed by atoms with Crippen LogP contribution in [0.1, 0.15) is 0 Å². The van der Waals surface area contributed by atoms with Crippen molar-refractivity contribution in [2.45, 2.75) is 0 Å². The molecular formula is C6H12Au2N2Se2-4. The van der Waals surface area contributed by atoms with Gasteiger partial charge < -0.3 is 29.7 Å². The molecule has 0 aliphatic rings. The van der Waals surface area contributed by atoms with Gasteiger partial charge in [0.25, 0.3) is 0 Å². The molecule has 12 heavy (non-hydrogen) atoms. The monoisotopic (exact) mass is 666 g/mol. The molecule has 0 N–H and O–H groups in total. The summed E-state index contributed by atoms with van der Waals surface area (Å²) in [5.41, 5.74) is 0. The summed E-state index contributed by atoms with van der Waals surface area (Å²) in [6.45, 7) is 0. The second kappa shape index (κ2) is 135. The Kier molecular flexibility index (Phi) is 784. The van der Waals surface area contributed by atoms with E-state index >= 15 is 0 Å². The van der Waals surface area contributed by atoms with Crippen LogP contribution in [0.5, 0.6) is 0 Å². The van der Waals surface area contributed by atoms with Gasteiger partial charge in [0.2, 0.25) is 0 Å². The maximum absolute atomic E-state index is 7.26. The molecule has 0 heterocycles. The topological polar surface area (TPSA) is 47.6 Å². The Morgan fingerprint density at radius 2 is 0.667 bits per heavy atom. The SMILES string of the molecule is N#C[Se].N#C[Se].[Au].[Au].[CH3-].[CH3-].[CH3-].[CH3-]. The minimum absolute atomic E-state index is 0. The second-order valence-corrected chi connectivity index (χ2v) is 0.949. The van der Waals surface area contributed by atoms with Crippen molar-refractivity contribution in [2.24, 2.45) is 0 Å². The van der Waals surface area contributed by atoms with E-state index in [0.29, 0.717) is 0 Å². The van der Waals surface area contributed by atoms with Crippen LogP contribution in [0.15, 0.2) is 0 Å². The maximum Gasteiger partial charge on any atom is 0 e. The minimum atomic E-state index is 0. The summed E-state index contributed by atoms with van der Waals surface area (Å²) in [6.07, 6.45) is 0. The zero-order chi connectivity index (χ0) is 5.41. The average molecular weight is 664 g/mol. The summed E-state index contributed by atoms with van der Waals surface area (Å²) in [6, 6.07) is 0. The van der Waals surface area contributed by atoms with Gasteiger partial charge in [0, 0.05) is 44.8 Å².